The fourth-order valence-corrected chi connectivity index (χ4v) is 4.45. The molecule has 1 aromatic heterocycles. The Labute approximate surface area is 189 Å². The maximum absolute atomic E-state index is 13.3. The maximum atomic E-state index is 13.3. The quantitative estimate of drug-likeness (QED) is 0.608. The van der Waals surface area contributed by atoms with Crippen LogP contribution in [0, 0.1) is 12.7 Å². The highest BCUT2D eigenvalue weighted by Crippen LogP contribution is 2.29. The number of nitrogens with zero attached hydrogens (tertiary/aromatic N) is 3. The van der Waals surface area contributed by atoms with Crippen LogP contribution >= 0.6 is 11.3 Å². The first kappa shape index (κ1) is 21.9. The molecule has 1 aliphatic heterocycles. The summed E-state index contributed by atoms with van der Waals surface area (Å²) in [6.45, 7) is 3.13. The smallest absolute Gasteiger partial charge is 0.286 e. The van der Waals surface area contributed by atoms with Crippen molar-refractivity contribution in [1.29, 1.82) is 0 Å². The Hall–Kier alpha value is -3.33. The van der Waals surface area contributed by atoms with Gasteiger partial charge in [-0.3, -0.25) is 9.59 Å². The van der Waals surface area contributed by atoms with Crippen LogP contribution in [0.2, 0.25) is 0 Å². The summed E-state index contributed by atoms with van der Waals surface area (Å²) in [6, 6.07) is 13.3. The molecule has 1 N–H and O–H groups in total. The van der Waals surface area contributed by atoms with E-state index in [-0.39, 0.29) is 23.4 Å². The molecule has 1 fully saturated rings. The summed E-state index contributed by atoms with van der Waals surface area (Å²) in [7, 11) is 0. The summed E-state index contributed by atoms with van der Waals surface area (Å²) in [5.41, 5.74) is 1.43. The highest BCUT2D eigenvalue weighted by molar-refractivity contribution is 7.13. The maximum Gasteiger partial charge on any atom is 0.286 e. The van der Waals surface area contributed by atoms with Gasteiger partial charge in [-0.1, -0.05) is 29.5 Å². The number of anilines is 1. The minimum atomic E-state index is -0.436. The molecule has 2 heterocycles. The molecular formula is C23H23FN4O3S. The number of carbonyl (C=O) groups excluding carboxylic acids is 2. The lowest BCUT2D eigenvalue weighted by molar-refractivity contribution is -0.134. The van der Waals surface area contributed by atoms with Crippen molar-refractivity contribution in [3.8, 4) is 5.75 Å². The summed E-state index contributed by atoms with van der Waals surface area (Å²) in [4.78, 5) is 26.9. The topological polar surface area (TPSA) is 84.4 Å². The highest BCUT2D eigenvalue weighted by Gasteiger charge is 2.28. The molecule has 1 atom stereocenters. The van der Waals surface area contributed by atoms with E-state index in [9.17, 15) is 14.0 Å². The second kappa shape index (κ2) is 9.86. The van der Waals surface area contributed by atoms with Crippen LogP contribution < -0.4 is 10.1 Å². The zero-order chi connectivity index (χ0) is 22.5. The van der Waals surface area contributed by atoms with E-state index < -0.39 is 11.7 Å². The second-order valence-electron chi connectivity index (χ2n) is 7.69. The molecule has 4 rings (SSSR count). The molecule has 2 amide bonds. The molecule has 1 aliphatic rings. The number of likely N-dealkylation sites (tertiary alicyclic amines) is 1. The van der Waals surface area contributed by atoms with Crippen molar-refractivity contribution in [3.05, 3.63) is 69.9 Å². The Morgan fingerprint density at radius 3 is 2.88 bits per heavy atom. The van der Waals surface area contributed by atoms with Gasteiger partial charge in [0.1, 0.15) is 16.6 Å². The van der Waals surface area contributed by atoms with Gasteiger partial charge < -0.3 is 15.0 Å². The summed E-state index contributed by atoms with van der Waals surface area (Å²) in [5, 5.41) is 11.7. The van der Waals surface area contributed by atoms with Gasteiger partial charge in [0.15, 0.2) is 6.61 Å². The molecule has 166 valence electrons. The Balaban J connectivity index is 1.34. The van der Waals surface area contributed by atoms with E-state index in [0.29, 0.717) is 29.5 Å². The van der Waals surface area contributed by atoms with E-state index in [4.69, 9.17) is 4.74 Å². The number of benzene rings is 2. The highest BCUT2D eigenvalue weighted by atomic mass is 32.1. The van der Waals surface area contributed by atoms with Crippen molar-refractivity contribution < 1.29 is 18.7 Å². The minimum Gasteiger partial charge on any atom is -0.484 e. The van der Waals surface area contributed by atoms with Gasteiger partial charge >= 0.3 is 0 Å². The number of halogens is 1. The molecule has 0 radical (unpaired) electrons. The van der Waals surface area contributed by atoms with Crippen LogP contribution in [0.3, 0.4) is 0 Å². The number of carbonyl (C=O) groups is 2. The predicted molar refractivity (Wildman–Crippen MR) is 119 cm³/mol. The summed E-state index contributed by atoms with van der Waals surface area (Å²) in [6.07, 6.45) is 1.70. The molecule has 0 saturated carbocycles. The zero-order valence-electron chi connectivity index (χ0n) is 17.6. The molecule has 1 saturated heterocycles. The van der Waals surface area contributed by atoms with Crippen LogP contribution in [0.1, 0.15) is 39.1 Å². The molecule has 0 aliphatic carbocycles. The number of hydrogen-bond donors (Lipinski definition) is 1. The fourth-order valence-electron chi connectivity index (χ4n) is 3.59. The second-order valence-corrected chi connectivity index (χ2v) is 8.70. The van der Waals surface area contributed by atoms with Crippen LogP contribution in [0.5, 0.6) is 5.75 Å². The Kier molecular flexibility index (Phi) is 6.75. The van der Waals surface area contributed by atoms with E-state index in [1.165, 1.54) is 29.5 Å². The number of nitrogens with one attached hydrogen (secondary N) is 1. The normalized spacial score (nSPS) is 15.9. The van der Waals surface area contributed by atoms with Crippen molar-refractivity contribution in [2.24, 2.45) is 0 Å². The van der Waals surface area contributed by atoms with Crippen molar-refractivity contribution in [2.75, 3.05) is 25.0 Å². The Bertz CT molecular complexity index is 1120. The van der Waals surface area contributed by atoms with Gasteiger partial charge in [-0.05, 0) is 55.7 Å². The fraction of sp³-hybridized carbons (Fsp3) is 0.304. The molecule has 3 aromatic rings. The van der Waals surface area contributed by atoms with E-state index in [1.54, 1.807) is 11.0 Å². The summed E-state index contributed by atoms with van der Waals surface area (Å²) < 4.78 is 19.0. The number of rotatable bonds is 6. The van der Waals surface area contributed by atoms with Crippen LogP contribution in [0.4, 0.5) is 10.1 Å². The van der Waals surface area contributed by atoms with Crippen LogP contribution in [-0.2, 0) is 4.79 Å². The molecular weight excluding hydrogens is 431 g/mol. The first-order valence-corrected chi connectivity index (χ1v) is 11.2. The van der Waals surface area contributed by atoms with Crippen molar-refractivity contribution in [2.45, 2.75) is 25.7 Å². The molecule has 7 nitrogen and oxygen atoms in total. The van der Waals surface area contributed by atoms with Crippen molar-refractivity contribution >= 4 is 28.8 Å². The number of ether oxygens (including phenoxy) is 1. The number of aryl methyl sites for hydroxylation is 1. The van der Waals surface area contributed by atoms with Crippen LogP contribution in [-0.4, -0.2) is 46.6 Å². The SMILES string of the molecule is Cc1cccc(OCC(=O)N2CCC[C@@H](c3nnc(C(=O)Nc4cccc(F)c4)s3)C2)c1. The predicted octanol–water partition coefficient (Wildman–Crippen LogP) is 4.02. The lowest BCUT2D eigenvalue weighted by Gasteiger charge is -2.31. The van der Waals surface area contributed by atoms with Crippen molar-refractivity contribution in [1.82, 2.24) is 15.1 Å². The Morgan fingerprint density at radius 2 is 2.06 bits per heavy atom. The molecule has 32 heavy (non-hydrogen) atoms. The molecule has 0 spiro atoms. The van der Waals surface area contributed by atoms with Gasteiger partial charge in [0, 0.05) is 24.7 Å². The number of piperidine rings is 1. The van der Waals surface area contributed by atoms with Gasteiger partial charge in [-0.15, -0.1) is 10.2 Å². The third kappa shape index (κ3) is 5.47. The molecule has 9 heteroatoms. The first-order chi connectivity index (χ1) is 15.5. The average molecular weight is 455 g/mol. The Morgan fingerprint density at radius 1 is 1.22 bits per heavy atom. The third-order valence-electron chi connectivity index (χ3n) is 5.19. The third-order valence-corrected chi connectivity index (χ3v) is 6.28. The number of amides is 2. The van der Waals surface area contributed by atoms with Gasteiger partial charge in [0.25, 0.3) is 11.8 Å². The van der Waals surface area contributed by atoms with Gasteiger partial charge in [-0.2, -0.15) is 0 Å². The van der Waals surface area contributed by atoms with E-state index in [2.05, 4.69) is 15.5 Å². The van der Waals surface area contributed by atoms with E-state index >= 15 is 0 Å². The monoisotopic (exact) mass is 454 g/mol. The zero-order valence-corrected chi connectivity index (χ0v) is 18.4. The lowest BCUT2D eigenvalue weighted by atomic mass is 9.99. The van der Waals surface area contributed by atoms with Gasteiger partial charge in [0.05, 0.1) is 0 Å². The van der Waals surface area contributed by atoms with Gasteiger partial charge in [-0.25, -0.2) is 4.39 Å². The van der Waals surface area contributed by atoms with Crippen molar-refractivity contribution in [3.63, 3.8) is 0 Å². The number of hydrogen-bond acceptors (Lipinski definition) is 6. The van der Waals surface area contributed by atoms with E-state index in [1.807, 2.05) is 31.2 Å². The van der Waals surface area contributed by atoms with E-state index in [0.717, 1.165) is 18.4 Å². The minimum absolute atomic E-state index is 0.0138. The molecule has 2 aromatic carbocycles. The average Bonchev–Trinajstić information content (AvgIpc) is 3.28. The summed E-state index contributed by atoms with van der Waals surface area (Å²) >= 11 is 1.20. The molecule has 0 bridgehead atoms. The standard InChI is InChI=1S/C23H23FN4O3S/c1-15-5-2-9-19(11-15)31-14-20(29)28-10-4-6-16(13-28)22-26-27-23(32-22)21(30)25-18-8-3-7-17(24)12-18/h2-3,5,7-9,11-12,16H,4,6,10,13-14H2,1H3,(H,25,30)/t16-/m1/s1. The summed E-state index contributed by atoms with van der Waals surface area (Å²) in [5.74, 6) is -0.261. The van der Waals surface area contributed by atoms with Crippen LogP contribution in [0.25, 0.3) is 0 Å². The first-order valence-electron chi connectivity index (χ1n) is 10.4. The lowest BCUT2D eigenvalue weighted by Crippen LogP contribution is -2.41. The molecule has 0 unspecified atom stereocenters. The van der Waals surface area contributed by atoms with Crippen LogP contribution in [0.15, 0.2) is 48.5 Å². The number of aromatic nitrogens is 2. The van der Waals surface area contributed by atoms with Gasteiger partial charge in [0.2, 0.25) is 5.01 Å². The largest absolute Gasteiger partial charge is 0.484 e.